The third-order valence-corrected chi connectivity index (χ3v) is 2.42. The largest absolute Gasteiger partial charge is 0.478 e. The fraction of sp³-hybridized carbons (Fsp3) is 0. The molecule has 0 spiro atoms. The van der Waals surface area contributed by atoms with Crippen LogP contribution in [0.4, 0.5) is 0 Å². The molecule has 0 fully saturated rings. The highest BCUT2D eigenvalue weighted by molar-refractivity contribution is 6.06. The smallest absolute Gasteiger partial charge is 0.373 e. The molecule has 5 nitrogen and oxygen atoms in total. The third-order valence-electron chi connectivity index (χ3n) is 2.42. The van der Waals surface area contributed by atoms with Crippen LogP contribution in [0.15, 0.2) is 36.4 Å². The van der Waals surface area contributed by atoms with E-state index in [4.69, 9.17) is 10.4 Å². The van der Waals surface area contributed by atoms with Gasteiger partial charge < -0.3 is 5.11 Å². The van der Waals surface area contributed by atoms with Crippen LogP contribution in [0.3, 0.4) is 0 Å². The van der Waals surface area contributed by atoms with Crippen molar-refractivity contribution in [2.45, 2.75) is 0 Å². The Bertz CT molecular complexity index is 603. The SMILES string of the molecule is O=C(O)c1cc2ccccc2cc1C(=O)OO. The van der Waals surface area contributed by atoms with Crippen LogP contribution < -0.4 is 0 Å². The van der Waals surface area contributed by atoms with Gasteiger partial charge in [-0.15, -0.1) is 0 Å². The van der Waals surface area contributed by atoms with Gasteiger partial charge in [-0.25, -0.2) is 9.59 Å². The molecule has 0 amide bonds. The van der Waals surface area contributed by atoms with Crippen LogP contribution >= 0.6 is 0 Å². The Morgan fingerprint density at radius 2 is 1.53 bits per heavy atom. The van der Waals surface area contributed by atoms with Gasteiger partial charge in [0.15, 0.2) is 0 Å². The van der Waals surface area contributed by atoms with Crippen LogP contribution in [0.2, 0.25) is 0 Å². The predicted molar refractivity (Wildman–Crippen MR) is 59.0 cm³/mol. The Kier molecular flexibility index (Phi) is 2.76. The average molecular weight is 232 g/mol. The fourth-order valence-corrected chi connectivity index (χ4v) is 1.64. The summed E-state index contributed by atoms with van der Waals surface area (Å²) in [6.45, 7) is 0. The molecular weight excluding hydrogens is 224 g/mol. The van der Waals surface area contributed by atoms with E-state index in [9.17, 15) is 9.59 Å². The second-order valence-corrected chi connectivity index (χ2v) is 3.43. The van der Waals surface area contributed by atoms with Gasteiger partial charge in [0.05, 0.1) is 11.1 Å². The van der Waals surface area contributed by atoms with Crippen LogP contribution in [0.25, 0.3) is 10.8 Å². The molecule has 2 aromatic rings. The van der Waals surface area contributed by atoms with E-state index < -0.39 is 11.9 Å². The van der Waals surface area contributed by atoms with Crippen LogP contribution in [-0.4, -0.2) is 22.3 Å². The molecule has 0 aliphatic heterocycles. The van der Waals surface area contributed by atoms with Crippen LogP contribution in [-0.2, 0) is 4.89 Å². The Balaban J connectivity index is 2.75. The number of carbonyl (C=O) groups excluding carboxylic acids is 1. The second-order valence-electron chi connectivity index (χ2n) is 3.43. The van der Waals surface area contributed by atoms with Crippen LogP contribution in [0, 0.1) is 0 Å². The van der Waals surface area contributed by atoms with Gasteiger partial charge in [0.2, 0.25) is 0 Å². The van der Waals surface area contributed by atoms with Crippen molar-refractivity contribution in [2.24, 2.45) is 0 Å². The quantitative estimate of drug-likeness (QED) is 0.612. The molecule has 0 aliphatic carbocycles. The van der Waals surface area contributed by atoms with Crippen molar-refractivity contribution < 1.29 is 24.8 Å². The summed E-state index contributed by atoms with van der Waals surface area (Å²) in [5.74, 6) is -2.34. The van der Waals surface area contributed by atoms with Crippen LogP contribution in [0.5, 0.6) is 0 Å². The van der Waals surface area contributed by atoms with Crippen molar-refractivity contribution >= 4 is 22.7 Å². The first-order chi connectivity index (χ1) is 8.13. The molecule has 2 rings (SSSR count). The van der Waals surface area contributed by atoms with Gasteiger partial charge in [-0.05, 0) is 22.9 Å². The van der Waals surface area contributed by atoms with Gasteiger partial charge in [0, 0.05) is 0 Å². The molecule has 0 unspecified atom stereocenters. The zero-order valence-electron chi connectivity index (χ0n) is 8.58. The number of carbonyl (C=O) groups is 2. The van der Waals surface area contributed by atoms with Gasteiger partial charge in [-0.3, -0.25) is 4.89 Å². The summed E-state index contributed by atoms with van der Waals surface area (Å²) >= 11 is 0. The monoisotopic (exact) mass is 232 g/mol. The van der Waals surface area contributed by atoms with E-state index in [0.717, 1.165) is 0 Å². The molecule has 0 aliphatic rings. The van der Waals surface area contributed by atoms with E-state index in [1.165, 1.54) is 12.1 Å². The standard InChI is InChI=1S/C12H8O5/c13-11(14)9-5-7-3-1-2-4-8(7)6-10(9)12(15)17-16/h1-6,16H,(H,13,14). The first kappa shape index (κ1) is 11.1. The Morgan fingerprint density at radius 3 is 2.00 bits per heavy atom. The molecule has 2 N–H and O–H groups in total. The highest BCUT2D eigenvalue weighted by Crippen LogP contribution is 2.20. The summed E-state index contributed by atoms with van der Waals surface area (Å²) in [5, 5.41) is 18.7. The Morgan fingerprint density at radius 1 is 1.00 bits per heavy atom. The van der Waals surface area contributed by atoms with E-state index in [0.29, 0.717) is 10.8 Å². The number of carboxylic acid groups (broad SMARTS) is 1. The van der Waals surface area contributed by atoms with Crippen molar-refractivity contribution in [3.63, 3.8) is 0 Å². The maximum atomic E-state index is 11.2. The highest BCUT2D eigenvalue weighted by atomic mass is 17.1. The number of benzene rings is 2. The molecule has 17 heavy (non-hydrogen) atoms. The lowest BCUT2D eigenvalue weighted by Gasteiger charge is -2.05. The lowest BCUT2D eigenvalue weighted by atomic mass is 10.0. The van der Waals surface area contributed by atoms with Gasteiger partial charge in [-0.2, -0.15) is 5.26 Å². The van der Waals surface area contributed by atoms with Crippen molar-refractivity contribution in [2.75, 3.05) is 0 Å². The summed E-state index contributed by atoms with van der Waals surface area (Å²) in [4.78, 5) is 25.8. The zero-order valence-corrected chi connectivity index (χ0v) is 8.58. The predicted octanol–water partition coefficient (Wildman–Crippen LogP) is 2.17. The van der Waals surface area contributed by atoms with Crippen molar-refractivity contribution in [3.05, 3.63) is 47.5 Å². The molecule has 86 valence electrons. The van der Waals surface area contributed by atoms with Gasteiger partial charge in [0.1, 0.15) is 0 Å². The maximum absolute atomic E-state index is 11.2. The lowest BCUT2D eigenvalue weighted by molar-refractivity contribution is -0.182. The molecule has 2 aromatic carbocycles. The summed E-state index contributed by atoms with van der Waals surface area (Å²) in [6, 6.07) is 9.72. The summed E-state index contributed by atoms with van der Waals surface area (Å²) < 4.78 is 0. The minimum Gasteiger partial charge on any atom is -0.478 e. The molecule has 0 aromatic heterocycles. The van der Waals surface area contributed by atoms with Crippen LogP contribution in [0.1, 0.15) is 20.7 Å². The van der Waals surface area contributed by atoms with Crippen molar-refractivity contribution in [1.29, 1.82) is 0 Å². The minimum atomic E-state index is -1.25. The third kappa shape index (κ3) is 1.95. The number of aromatic carboxylic acids is 1. The van der Waals surface area contributed by atoms with Crippen molar-refractivity contribution in [1.82, 2.24) is 0 Å². The molecule has 0 atom stereocenters. The fourth-order valence-electron chi connectivity index (χ4n) is 1.64. The molecule has 0 heterocycles. The molecule has 0 saturated carbocycles. The maximum Gasteiger partial charge on any atom is 0.373 e. The minimum absolute atomic E-state index is 0.182. The van der Waals surface area contributed by atoms with E-state index in [1.807, 2.05) is 0 Å². The zero-order chi connectivity index (χ0) is 12.4. The molecule has 0 radical (unpaired) electrons. The number of carboxylic acids is 1. The molecule has 0 bridgehead atoms. The number of rotatable bonds is 2. The second kappa shape index (κ2) is 4.23. The first-order valence-electron chi connectivity index (χ1n) is 4.75. The van der Waals surface area contributed by atoms with E-state index in [1.54, 1.807) is 24.3 Å². The highest BCUT2D eigenvalue weighted by Gasteiger charge is 2.18. The average Bonchev–Trinajstić information content (AvgIpc) is 2.36. The molecular formula is C12H8O5. The van der Waals surface area contributed by atoms with Gasteiger partial charge >= 0.3 is 11.9 Å². The normalized spacial score (nSPS) is 10.2. The van der Waals surface area contributed by atoms with Gasteiger partial charge in [0.25, 0.3) is 0 Å². The van der Waals surface area contributed by atoms with E-state index in [2.05, 4.69) is 4.89 Å². The number of hydrogen-bond donors (Lipinski definition) is 2. The van der Waals surface area contributed by atoms with Gasteiger partial charge in [-0.1, -0.05) is 24.3 Å². The summed E-state index contributed by atoms with van der Waals surface area (Å²) in [5.41, 5.74) is -0.388. The Hall–Kier alpha value is -2.40. The molecule has 0 saturated heterocycles. The van der Waals surface area contributed by atoms with E-state index in [-0.39, 0.29) is 11.1 Å². The van der Waals surface area contributed by atoms with E-state index >= 15 is 0 Å². The first-order valence-corrected chi connectivity index (χ1v) is 4.75. The summed E-state index contributed by atoms with van der Waals surface area (Å²) in [6.07, 6.45) is 0. The number of fused-ring (bicyclic) bond motifs is 1. The topological polar surface area (TPSA) is 83.8 Å². The lowest BCUT2D eigenvalue weighted by Crippen LogP contribution is -2.10. The van der Waals surface area contributed by atoms with Crippen molar-refractivity contribution in [3.8, 4) is 0 Å². The molecule has 5 heteroatoms. The number of hydrogen-bond acceptors (Lipinski definition) is 4. The summed E-state index contributed by atoms with van der Waals surface area (Å²) in [7, 11) is 0. The Labute approximate surface area is 95.8 Å².